The van der Waals surface area contributed by atoms with Gasteiger partial charge >= 0.3 is 0 Å². The van der Waals surface area contributed by atoms with Crippen molar-refractivity contribution < 1.29 is 23.8 Å². The summed E-state index contributed by atoms with van der Waals surface area (Å²) in [7, 11) is 4.75. The van der Waals surface area contributed by atoms with Crippen LogP contribution >= 0.6 is 11.6 Å². The molecule has 1 aliphatic rings. The number of piperazine rings is 1. The highest BCUT2D eigenvalue weighted by Gasteiger charge is 2.33. The number of amides is 2. The predicted octanol–water partition coefficient (Wildman–Crippen LogP) is 3.42. The molecule has 2 amide bonds. The molecule has 5 rings (SSSR count). The second-order valence-electron chi connectivity index (χ2n) is 10.1. The van der Waals surface area contributed by atoms with Crippen LogP contribution in [0, 0.1) is 0 Å². The number of carbonyl (C=O) groups excluding carboxylic acids is 2. The van der Waals surface area contributed by atoms with Gasteiger partial charge in [-0.2, -0.15) is 4.98 Å². The minimum Gasteiger partial charge on any atom is -0.497 e. The number of ether oxygens (including phenoxy) is 3. The minimum absolute atomic E-state index is 0.109. The van der Waals surface area contributed by atoms with Crippen molar-refractivity contribution >= 4 is 29.2 Å². The summed E-state index contributed by atoms with van der Waals surface area (Å²) in [6, 6.07) is 13.9. The van der Waals surface area contributed by atoms with E-state index in [1.807, 2.05) is 23.1 Å². The Kier molecular flexibility index (Phi) is 9.80. The van der Waals surface area contributed by atoms with E-state index in [1.165, 1.54) is 0 Å². The van der Waals surface area contributed by atoms with Gasteiger partial charge in [-0.05, 0) is 48.4 Å². The molecule has 2 aromatic carbocycles. The summed E-state index contributed by atoms with van der Waals surface area (Å²) in [6.07, 6.45) is 5.67. The number of hydrogen-bond acceptors (Lipinski definition) is 9. The average molecular weight is 620 g/mol. The van der Waals surface area contributed by atoms with Gasteiger partial charge in [-0.15, -0.1) is 0 Å². The molecule has 0 radical (unpaired) electrons. The lowest BCUT2D eigenvalue weighted by molar-refractivity contribution is -0.122. The zero-order chi connectivity index (χ0) is 31.1. The molecule has 0 aliphatic carbocycles. The first-order chi connectivity index (χ1) is 21.4. The van der Waals surface area contributed by atoms with E-state index in [9.17, 15) is 9.59 Å². The molecule has 13 heteroatoms. The molecular formula is C31H34ClN7O5. The Hall–Kier alpha value is -4.84. The van der Waals surface area contributed by atoms with Gasteiger partial charge in [-0.25, -0.2) is 9.97 Å². The van der Waals surface area contributed by atoms with Crippen LogP contribution in [0.15, 0.2) is 67.3 Å². The summed E-state index contributed by atoms with van der Waals surface area (Å²) in [5.74, 6) is 2.60. The standard InChI is InChI=1S/C31H34ClN7O5/c1-42-24-7-5-22(6-8-24)30(41)39-15-14-37(28-18-27(32)35-31(36-28)38-13-12-33-20-38)19-23(39)17-29(40)34-11-10-21-4-9-25(43-2)26(16-21)44-3/h4-9,12-13,16,18,20,23H,10-11,14-15,17,19H2,1-3H3,(H,34,40). The molecule has 0 bridgehead atoms. The number of anilines is 1. The van der Waals surface area contributed by atoms with Crippen LogP contribution in [0.5, 0.6) is 17.2 Å². The van der Waals surface area contributed by atoms with Crippen LogP contribution in [0.25, 0.3) is 5.95 Å². The maximum absolute atomic E-state index is 13.7. The second kappa shape index (κ2) is 14.1. The summed E-state index contributed by atoms with van der Waals surface area (Å²) in [4.78, 5) is 43.7. The molecule has 1 N–H and O–H groups in total. The van der Waals surface area contributed by atoms with E-state index in [4.69, 9.17) is 25.8 Å². The van der Waals surface area contributed by atoms with Crippen molar-refractivity contribution in [2.45, 2.75) is 18.9 Å². The van der Waals surface area contributed by atoms with E-state index in [0.29, 0.717) is 67.2 Å². The fraction of sp³-hybridized carbons (Fsp3) is 0.323. The number of nitrogens with one attached hydrogen (secondary N) is 1. The Morgan fingerprint density at radius 1 is 0.977 bits per heavy atom. The number of benzene rings is 2. The zero-order valence-electron chi connectivity index (χ0n) is 24.8. The SMILES string of the molecule is COc1ccc(C(=O)N2CCN(c3cc(Cl)nc(-n4ccnc4)n3)CC2CC(=O)NCCc2ccc(OC)c(OC)c2)cc1. The van der Waals surface area contributed by atoms with Crippen LogP contribution in [0.2, 0.25) is 5.15 Å². The topological polar surface area (TPSA) is 124 Å². The van der Waals surface area contributed by atoms with Gasteiger partial charge in [0.2, 0.25) is 11.9 Å². The largest absolute Gasteiger partial charge is 0.497 e. The summed E-state index contributed by atoms with van der Waals surface area (Å²) in [5.41, 5.74) is 1.52. The van der Waals surface area contributed by atoms with E-state index >= 15 is 0 Å². The van der Waals surface area contributed by atoms with Crippen LogP contribution in [-0.4, -0.2) is 89.8 Å². The normalized spacial score (nSPS) is 14.7. The Morgan fingerprint density at radius 3 is 2.48 bits per heavy atom. The number of halogens is 1. The van der Waals surface area contributed by atoms with Crippen molar-refractivity contribution in [2.24, 2.45) is 0 Å². The molecule has 3 heterocycles. The zero-order valence-corrected chi connectivity index (χ0v) is 25.5. The first-order valence-corrected chi connectivity index (χ1v) is 14.5. The molecule has 1 atom stereocenters. The van der Waals surface area contributed by atoms with Crippen molar-refractivity contribution in [1.29, 1.82) is 0 Å². The number of aromatic nitrogens is 4. The lowest BCUT2D eigenvalue weighted by atomic mass is 10.0. The fourth-order valence-corrected chi connectivity index (χ4v) is 5.30. The summed E-state index contributed by atoms with van der Waals surface area (Å²) in [6.45, 7) is 1.68. The van der Waals surface area contributed by atoms with Crippen molar-refractivity contribution in [3.63, 3.8) is 0 Å². The number of rotatable bonds is 11. The van der Waals surface area contributed by atoms with Gasteiger partial charge in [0.1, 0.15) is 23.0 Å². The van der Waals surface area contributed by atoms with Gasteiger partial charge in [0.15, 0.2) is 11.5 Å². The predicted molar refractivity (Wildman–Crippen MR) is 165 cm³/mol. The Morgan fingerprint density at radius 2 is 1.77 bits per heavy atom. The highest BCUT2D eigenvalue weighted by Crippen LogP contribution is 2.28. The number of imidazole rings is 1. The average Bonchev–Trinajstić information content (AvgIpc) is 3.59. The number of nitrogens with zero attached hydrogens (tertiary/aromatic N) is 6. The van der Waals surface area contributed by atoms with Crippen molar-refractivity contribution in [3.05, 3.63) is 83.5 Å². The second-order valence-corrected chi connectivity index (χ2v) is 10.5. The van der Waals surface area contributed by atoms with E-state index in [-0.39, 0.29) is 23.4 Å². The summed E-state index contributed by atoms with van der Waals surface area (Å²) < 4.78 is 17.6. The Labute approximate surface area is 260 Å². The van der Waals surface area contributed by atoms with E-state index in [1.54, 1.807) is 79.8 Å². The third-order valence-corrected chi connectivity index (χ3v) is 7.61. The van der Waals surface area contributed by atoms with Gasteiger partial charge in [-0.1, -0.05) is 17.7 Å². The molecule has 1 saturated heterocycles. The van der Waals surface area contributed by atoms with Crippen LogP contribution < -0.4 is 24.4 Å². The molecule has 2 aromatic heterocycles. The smallest absolute Gasteiger partial charge is 0.254 e. The Balaban J connectivity index is 1.31. The molecule has 1 aliphatic heterocycles. The van der Waals surface area contributed by atoms with Crippen LogP contribution in [0.3, 0.4) is 0 Å². The molecular weight excluding hydrogens is 586 g/mol. The van der Waals surface area contributed by atoms with Gasteiger partial charge in [0.25, 0.3) is 5.91 Å². The van der Waals surface area contributed by atoms with Crippen molar-refractivity contribution in [3.8, 4) is 23.2 Å². The monoisotopic (exact) mass is 619 g/mol. The van der Waals surface area contributed by atoms with E-state index in [0.717, 1.165) is 5.56 Å². The molecule has 1 unspecified atom stereocenters. The highest BCUT2D eigenvalue weighted by atomic mass is 35.5. The highest BCUT2D eigenvalue weighted by molar-refractivity contribution is 6.29. The fourth-order valence-electron chi connectivity index (χ4n) is 5.12. The molecule has 230 valence electrons. The maximum atomic E-state index is 13.7. The number of methoxy groups -OCH3 is 3. The molecule has 0 spiro atoms. The molecule has 1 fully saturated rings. The summed E-state index contributed by atoms with van der Waals surface area (Å²) in [5, 5.41) is 3.29. The van der Waals surface area contributed by atoms with E-state index < -0.39 is 6.04 Å². The van der Waals surface area contributed by atoms with Crippen molar-refractivity contribution in [1.82, 2.24) is 29.7 Å². The Bertz CT molecular complexity index is 1580. The number of carbonyl (C=O) groups is 2. The van der Waals surface area contributed by atoms with Crippen molar-refractivity contribution in [2.75, 3.05) is 52.4 Å². The maximum Gasteiger partial charge on any atom is 0.254 e. The van der Waals surface area contributed by atoms with Gasteiger partial charge in [-0.3, -0.25) is 14.2 Å². The van der Waals surface area contributed by atoms with Gasteiger partial charge in [0, 0.05) is 56.6 Å². The third kappa shape index (κ3) is 7.20. The minimum atomic E-state index is -0.426. The summed E-state index contributed by atoms with van der Waals surface area (Å²) >= 11 is 6.37. The quantitative estimate of drug-likeness (QED) is 0.252. The first-order valence-electron chi connectivity index (χ1n) is 14.1. The molecule has 4 aromatic rings. The van der Waals surface area contributed by atoms with Crippen LogP contribution in [0.4, 0.5) is 5.82 Å². The number of hydrogen-bond donors (Lipinski definition) is 1. The molecule has 44 heavy (non-hydrogen) atoms. The third-order valence-electron chi connectivity index (χ3n) is 7.41. The van der Waals surface area contributed by atoms with Crippen LogP contribution in [-0.2, 0) is 11.2 Å². The molecule has 12 nitrogen and oxygen atoms in total. The van der Waals surface area contributed by atoms with E-state index in [2.05, 4.69) is 20.3 Å². The van der Waals surface area contributed by atoms with Gasteiger partial charge < -0.3 is 29.3 Å². The molecule has 0 saturated carbocycles. The first kappa shape index (κ1) is 30.6. The lowest BCUT2D eigenvalue weighted by Crippen LogP contribution is -2.56. The van der Waals surface area contributed by atoms with Crippen LogP contribution in [0.1, 0.15) is 22.3 Å². The van der Waals surface area contributed by atoms with Gasteiger partial charge in [0.05, 0.1) is 27.4 Å². The lowest BCUT2D eigenvalue weighted by Gasteiger charge is -2.42.